The summed E-state index contributed by atoms with van der Waals surface area (Å²) in [5, 5.41) is 8.65. The van der Waals surface area contributed by atoms with Gasteiger partial charge in [0.1, 0.15) is 0 Å². The molecule has 0 amide bonds. The van der Waals surface area contributed by atoms with Crippen molar-refractivity contribution in [1.29, 1.82) is 5.26 Å². The summed E-state index contributed by atoms with van der Waals surface area (Å²) in [5.74, 6) is 0. The molecule has 17 heavy (non-hydrogen) atoms. The lowest BCUT2D eigenvalue weighted by molar-refractivity contribution is 0.933. The number of rotatable bonds is 3. The van der Waals surface area contributed by atoms with Crippen LogP contribution in [0.2, 0.25) is 0 Å². The quantitative estimate of drug-likeness (QED) is 0.783. The molecule has 0 atom stereocenters. The normalized spacial score (nSPS) is 10.2. The van der Waals surface area contributed by atoms with Crippen LogP contribution in [0.3, 0.4) is 0 Å². The van der Waals surface area contributed by atoms with Gasteiger partial charge in [-0.1, -0.05) is 18.2 Å². The summed E-state index contributed by atoms with van der Waals surface area (Å²) in [6.07, 6.45) is 1.42. The maximum Gasteiger partial charge on any atom is 0.0625 e. The van der Waals surface area contributed by atoms with E-state index in [1.54, 1.807) is 0 Å². The minimum absolute atomic E-state index is 0.582. The summed E-state index contributed by atoms with van der Waals surface area (Å²) in [4.78, 5) is 0. The number of nitrogens with zero attached hydrogens (tertiary/aromatic N) is 2. The van der Waals surface area contributed by atoms with E-state index in [0.29, 0.717) is 6.42 Å². The molecule has 0 saturated heterocycles. The van der Waals surface area contributed by atoms with Gasteiger partial charge in [0.2, 0.25) is 0 Å². The standard InChI is InChI=1S/C15H16N2/c1-12-11-14(7-6-10-16)13(2)17(12)15-8-4-3-5-9-15/h3-5,8-9,11H,6-7H2,1-2H3. The topological polar surface area (TPSA) is 28.7 Å². The van der Waals surface area contributed by atoms with Crippen molar-refractivity contribution in [2.24, 2.45) is 0 Å². The number of benzene rings is 1. The fraction of sp³-hybridized carbons (Fsp3) is 0.267. The molecule has 0 aliphatic rings. The van der Waals surface area contributed by atoms with E-state index in [0.717, 1.165) is 6.42 Å². The number of aromatic nitrogens is 1. The summed E-state index contributed by atoms with van der Waals surface area (Å²) in [6, 6.07) is 14.7. The third-order valence-electron chi connectivity index (χ3n) is 3.06. The SMILES string of the molecule is Cc1cc(CCC#N)c(C)n1-c1ccccc1. The first-order valence-electron chi connectivity index (χ1n) is 5.84. The summed E-state index contributed by atoms with van der Waals surface area (Å²) < 4.78 is 2.24. The van der Waals surface area contributed by atoms with Gasteiger partial charge in [0, 0.05) is 23.5 Å². The highest BCUT2D eigenvalue weighted by Gasteiger charge is 2.09. The van der Waals surface area contributed by atoms with Crippen molar-refractivity contribution in [2.75, 3.05) is 0 Å². The molecule has 0 N–H and O–H groups in total. The third-order valence-corrected chi connectivity index (χ3v) is 3.06. The largest absolute Gasteiger partial charge is 0.318 e. The van der Waals surface area contributed by atoms with E-state index >= 15 is 0 Å². The van der Waals surface area contributed by atoms with Gasteiger partial charge in [0.25, 0.3) is 0 Å². The Kier molecular flexibility index (Phi) is 3.30. The lowest BCUT2D eigenvalue weighted by atomic mass is 10.1. The first kappa shape index (κ1) is 11.5. The van der Waals surface area contributed by atoms with E-state index in [9.17, 15) is 0 Å². The van der Waals surface area contributed by atoms with E-state index in [-0.39, 0.29) is 0 Å². The van der Waals surface area contributed by atoms with Crippen LogP contribution < -0.4 is 0 Å². The molecule has 2 nitrogen and oxygen atoms in total. The van der Waals surface area contributed by atoms with E-state index < -0.39 is 0 Å². The fourth-order valence-corrected chi connectivity index (χ4v) is 2.25. The molecule has 0 aliphatic carbocycles. The Morgan fingerprint density at radius 1 is 1.18 bits per heavy atom. The molecule has 0 spiro atoms. The Morgan fingerprint density at radius 2 is 1.88 bits per heavy atom. The zero-order chi connectivity index (χ0) is 12.3. The molecule has 0 unspecified atom stereocenters. The molecular weight excluding hydrogens is 208 g/mol. The lowest BCUT2D eigenvalue weighted by Crippen LogP contribution is -1.99. The Balaban J connectivity index is 2.43. The summed E-state index contributed by atoms with van der Waals surface area (Å²) >= 11 is 0. The molecule has 2 heteroatoms. The van der Waals surface area contributed by atoms with Crippen molar-refractivity contribution in [3.05, 3.63) is 53.3 Å². The van der Waals surface area contributed by atoms with Crippen molar-refractivity contribution in [1.82, 2.24) is 4.57 Å². The second-order valence-electron chi connectivity index (χ2n) is 4.23. The molecule has 0 bridgehead atoms. The van der Waals surface area contributed by atoms with Crippen LogP contribution in [0.15, 0.2) is 36.4 Å². The second kappa shape index (κ2) is 4.88. The number of aryl methyl sites for hydroxylation is 2. The van der Waals surface area contributed by atoms with Crippen LogP contribution in [-0.4, -0.2) is 4.57 Å². The molecule has 0 saturated carbocycles. The highest BCUT2D eigenvalue weighted by molar-refractivity contribution is 5.41. The minimum Gasteiger partial charge on any atom is -0.318 e. The van der Waals surface area contributed by atoms with Gasteiger partial charge in [0.05, 0.1) is 6.07 Å². The van der Waals surface area contributed by atoms with Crippen LogP contribution in [0.4, 0.5) is 0 Å². The van der Waals surface area contributed by atoms with Gasteiger partial charge in [-0.2, -0.15) is 5.26 Å². The molecule has 2 rings (SSSR count). The van der Waals surface area contributed by atoms with Crippen LogP contribution in [-0.2, 0) is 6.42 Å². The van der Waals surface area contributed by atoms with E-state index in [4.69, 9.17) is 5.26 Å². The predicted molar refractivity (Wildman–Crippen MR) is 69.2 cm³/mol. The fourth-order valence-electron chi connectivity index (χ4n) is 2.25. The highest BCUT2D eigenvalue weighted by atomic mass is 15.0. The number of para-hydroxylation sites is 1. The Hall–Kier alpha value is -2.01. The van der Waals surface area contributed by atoms with Crippen molar-refractivity contribution in [2.45, 2.75) is 26.7 Å². The smallest absolute Gasteiger partial charge is 0.0625 e. The van der Waals surface area contributed by atoms with Gasteiger partial charge in [-0.05, 0) is 44.0 Å². The maximum atomic E-state index is 8.65. The van der Waals surface area contributed by atoms with Gasteiger partial charge in [0.15, 0.2) is 0 Å². The van der Waals surface area contributed by atoms with Crippen molar-refractivity contribution < 1.29 is 0 Å². The summed E-state index contributed by atoms with van der Waals surface area (Å²) in [6.45, 7) is 4.22. The van der Waals surface area contributed by atoms with Crippen molar-refractivity contribution in [3.63, 3.8) is 0 Å². The zero-order valence-electron chi connectivity index (χ0n) is 10.3. The monoisotopic (exact) mass is 224 g/mol. The molecule has 1 aromatic carbocycles. The predicted octanol–water partition coefficient (Wildman–Crippen LogP) is 3.55. The van der Waals surface area contributed by atoms with Crippen LogP contribution in [0.5, 0.6) is 0 Å². The van der Waals surface area contributed by atoms with Crippen LogP contribution >= 0.6 is 0 Å². The third kappa shape index (κ3) is 2.24. The van der Waals surface area contributed by atoms with E-state index in [1.807, 2.05) is 18.2 Å². The van der Waals surface area contributed by atoms with Crippen molar-refractivity contribution in [3.8, 4) is 11.8 Å². The van der Waals surface area contributed by atoms with E-state index in [2.05, 4.69) is 42.7 Å². The second-order valence-corrected chi connectivity index (χ2v) is 4.23. The van der Waals surface area contributed by atoms with Gasteiger partial charge in [-0.3, -0.25) is 0 Å². The molecular formula is C15H16N2. The van der Waals surface area contributed by atoms with Gasteiger partial charge >= 0.3 is 0 Å². The van der Waals surface area contributed by atoms with Crippen LogP contribution in [0.1, 0.15) is 23.4 Å². The minimum atomic E-state index is 0.582. The summed E-state index contributed by atoms with van der Waals surface area (Å²) in [5.41, 5.74) is 4.92. The first-order valence-corrected chi connectivity index (χ1v) is 5.84. The number of hydrogen-bond acceptors (Lipinski definition) is 1. The molecule has 0 radical (unpaired) electrons. The first-order chi connectivity index (χ1) is 8.24. The molecule has 1 heterocycles. The van der Waals surface area contributed by atoms with Gasteiger partial charge in [-0.15, -0.1) is 0 Å². The van der Waals surface area contributed by atoms with Crippen LogP contribution in [0.25, 0.3) is 5.69 Å². The van der Waals surface area contributed by atoms with Crippen molar-refractivity contribution >= 4 is 0 Å². The Bertz CT molecular complexity index is 544. The lowest BCUT2D eigenvalue weighted by Gasteiger charge is -2.09. The molecule has 86 valence electrons. The van der Waals surface area contributed by atoms with E-state index in [1.165, 1.54) is 22.6 Å². The molecule has 0 aliphatic heterocycles. The average molecular weight is 224 g/mol. The Labute approximate surface area is 102 Å². The molecule has 1 aromatic heterocycles. The van der Waals surface area contributed by atoms with Crippen LogP contribution in [0, 0.1) is 25.2 Å². The highest BCUT2D eigenvalue weighted by Crippen LogP contribution is 2.21. The number of hydrogen-bond donors (Lipinski definition) is 0. The maximum absolute atomic E-state index is 8.65. The Morgan fingerprint density at radius 3 is 2.53 bits per heavy atom. The number of nitriles is 1. The molecule has 0 fully saturated rings. The van der Waals surface area contributed by atoms with Gasteiger partial charge in [-0.25, -0.2) is 0 Å². The zero-order valence-corrected chi connectivity index (χ0v) is 10.3. The summed E-state index contributed by atoms with van der Waals surface area (Å²) in [7, 11) is 0. The average Bonchev–Trinajstić information content (AvgIpc) is 2.63. The van der Waals surface area contributed by atoms with Gasteiger partial charge < -0.3 is 4.57 Å². The molecule has 2 aromatic rings.